The number of carbonyl (C=O) groups excluding carboxylic acids is 2. The molecule has 8 rings (SSSR count). The summed E-state index contributed by atoms with van der Waals surface area (Å²) in [5, 5.41) is 8.16. The molecule has 0 bridgehead atoms. The molecule has 1 saturated heterocycles. The molecule has 1 atom stereocenters. The van der Waals surface area contributed by atoms with Crippen molar-refractivity contribution in [3.05, 3.63) is 98.0 Å². The molecule has 3 aromatic carbocycles. The van der Waals surface area contributed by atoms with E-state index in [0.717, 1.165) is 110 Å². The van der Waals surface area contributed by atoms with Crippen molar-refractivity contribution in [3.8, 4) is 16.9 Å². The molecule has 0 N–H and O–H groups in total. The van der Waals surface area contributed by atoms with E-state index in [-0.39, 0.29) is 11.9 Å². The Balaban J connectivity index is 1.26. The van der Waals surface area contributed by atoms with Crippen molar-refractivity contribution in [3.63, 3.8) is 0 Å². The number of aryl methyl sites for hydroxylation is 5. The molecule has 1 fully saturated rings. The number of nitrogens with zero attached hydrogens (tertiary/aromatic N) is 5. The summed E-state index contributed by atoms with van der Waals surface area (Å²) in [5.74, 6) is 0.736. The Hall–Kier alpha value is -4.77. The van der Waals surface area contributed by atoms with Gasteiger partial charge in [-0.1, -0.05) is 41.4 Å². The smallest absolute Gasteiger partial charge is 0.340 e. The van der Waals surface area contributed by atoms with E-state index in [1.54, 1.807) is 6.20 Å². The summed E-state index contributed by atoms with van der Waals surface area (Å²) < 4.78 is 23.3. The third kappa shape index (κ3) is 6.79. The quantitative estimate of drug-likeness (QED) is 0.101. The first-order valence-electron chi connectivity index (χ1n) is 19.7. The Bertz CT molecular complexity index is 2540. The molecule has 1 amide bonds. The average Bonchev–Trinajstić information content (AvgIpc) is 3.82. The molecule has 0 radical (unpaired) electrons. The predicted molar refractivity (Wildman–Crippen MR) is 227 cm³/mol. The highest BCUT2D eigenvalue weighted by Gasteiger charge is 2.38. The molecule has 5 heterocycles. The third-order valence-corrected chi connectivity index (χ3v) is 12.8. The summed E-state index contributed by atoms with van der Waals surface area (Å²) in [7, 11) is 3.27. The van der Waals surface area contributed by atoms with Gasteiger partial charge in [0.25, 0.3) is 5.91 Å². The molecule has 57 heavy (non-hydrogen) atoms. The first-order chi connectivity index (χ1) is 27.4. The fourth-order valence-corrected chi connectivity index (χ4v) is 9.51. The number of hydrogen-bond acceptors (Lipinski definition) is 6. The van der Waals surface area contributed by atoms with Gasteiger partial charge in [0, 0.05) is 78.2 Å². The van der Waals surface area contributed by atoms with Crippen LogP contribution in [0.1, 0.15) is 81.2 Å². The van der Waals surface area contributed by atoms with Crippen LogP contribution in [0.25, 0.3) is 32.9 Å². The molecular weight excluding hydrogens is 761 g/mol. The standard InChI is InChI=1S/C45H49Cl2N5O5/c1-25-20-31(21-26(2)40(25)47)57-17-9-11-32-34-13-14-36(46)39(38-28(4)48-51(29(38)5)23-30-15-18-56-19-16-30)42(34)52-27(3)22-50(44(53)43(32)52)37-12-8-10-33-35(45(54)55-7)24-49(6)41(33)37/h8,10,12-14,20-21,24,27,30H,9,11,15-19,22-23H2,1-7H3/t27-/m1/s1. The lowest BCUT2D eigenvalue weighted by Crippen LogP contribution is -2.43. The summed E-state index contributed by atoms with van der Waals surface area (Å²) in [4.78, 5) is 29.9. The Kier molecular flexibility index (Phi) is 10.6. The van der Waals surface area contributed by atoms with Crippen molar-refractivity contribution in [2.45, 2.75) is 72.9 Å². The number of fused-ring (bicyclic) bond motifs is 4. The van der Waals surface area contributed by atoms with Crippen LogP contribution in [-0.2, 0) is 29.5 Å². The van der Waals surface area contributed by atoms with Crippen LogP contribution in [0, 0.1) is 33.6 Å². The lowest BCUT2D eigenvalue weighted by Gasteiger charge is -2.35. The molecule has 6 aromatic rings. The molecule has 10 nitrogen and oxygen atoms in total. The Labute approximate surface area is 343 Å². The van der Waals surface area contributed by atoms with Crippen LogP contribution in [0.4, 0.5) is 5.69 Å². The van der Waals surface area contributed by atoms with Crippen molar-refractivity contribution >= 4 is 62.6 Å². The number of amides is 1. The largest absolute Gasteiger partial charge is 0.494 e. The summed E-state index contributed by atoms with van der Waals surface area (Å²) in [6, 6.07) is 13.6. The highest BCUT2D eigenvalue weighted by atomic mass is 35.5. The Morgan fingerprint density at radius 2 is 1.72 bits per heavy atom. The van der Waals surface area contributed by atoms with Crippen molar-refractivity contribution < 1.29 is 23.8 Å². The number of anilines is 1. The van der Waals surface area contributed by atoms with Crippen LogP contribution in [0.15, 0.2) is 48.7 Å². The first kappa shape index (κ1) is 39.1. The van der Waals surface area contributed by atoms with E-state index in [9.17, 15) is 4.79 Å². The minimum atomic E-state index is -0.421. The third-order valence-electron chi connectivity index (χ3n) is 11.9. The number of para-hydroxylation sites is 1. The first-order valence-corrected chi connectivity index (χ1v) is 20.5. The molecule has 0 aliphatic carbocycles. The summed E-state index contributed by atoms with van der Waals surface area (Å²) in [6.07, 6.45) is 5.06. The van der Waals surface area contributed by atoms with Gasteiger partial charge < -0.3 is 28.2 Å². The monoisotopic (exact) mass is 809 g/mol. The summed E-state index contributed by atoms with van der Waals surface area (Å²) in [6.45, 7) is 13.5. The topological polar surface area (TPSA) is 92.8 Å². The zero-order valence-corrected chi connectivity index (χ0v) is 35.2. The van der Waals surface area contributed by atoms with Crippen molar-refractivity contribution in [1.82, 2.24) is 18.9 Å². The second-order valence-corrected chi connectivity index (χ2v) is 16.5. The SMILES string of the molecule is COC(=O)c1cn(C)c2c(N3C[C@@H](C)n4c(c(CCCOc5cc(C)c(Cl)c(C)c5)c5ccc(Cl)c(-c6c(C)nn(CC7CCOCC7)c6C)c54)C3=O)cccc12. The van der Waals surface area contributed by atoms with Gasteiger partial charge in [0.2, 0.25) is 0 Å². The second kappa shape index (κ2) is 15.5. The van der Waals surface area contributed by atoms with Crippen LogP contribution in [0.2, 0.25) is 10.0 Å². The van der Waals surface area contributed by atoms with Crippen LogP contribution in [-0.4, -0.2) is 64.3 Å². The minimum absolute atomic E-state index is 0.108. The molecule has 0 saturated carbocycles. The van der Waals surface area contributed by atoms with Crippen LogP contribution >= 0.6 is 23.2 Å². The highest BCUT2D eigenvalue weighted by molar-refractivity contribution is 6.35. The molecule has 2 aliphatic rings. The summed E-state index contributed by atoms with van der Waals surface area (Å²) in [5.41, 5.74) is 10.3. The van der Waals surface area contributed by atoms with Gasteiger partial charge in [0.1, 0.15) is 11.4 Å². The fourth-order valence-electron chi connectivity index (χ4n) is 9.15. The number of ether oxygens (including phenoxy) is 3. The number of benzene rings is 3. The van der Waals surface area contributed by atoms with Crippen molar-refractivity contribution in [2.24, 2.45) is 13.0 Å². The number of halogens is 2. The van der Waals surface area contributed by atoms with Crippen LogP contribution < -0.4 is 9.64 Å². The summed E-state index contributed by atoms with van der Waals surface area (Å²) >= 11 is 13.7. The molecule has 298 valence electrons. The Morgan fingerprint density at radius 1 is 0.982 bits per heavy atom. The van der Waals surface area contributed by atoms with E-state index in [4.69, 9.17) is 42.5 Å². The number of rotatable bonds is 10. The van der Waals surface area contributed by atoms with E-state index in [0.29, 0.717) is 48.2 Å². The van der Waals surface area contributed by atoms with Crippen LogP contribution in [0.5, 0.6) is 5.75 Å². The minimum Gasteiger partial charge on any atom is -0.494 e. The van der Waals surface area contributed by atoms with E-state index in [1.807, 2.05) is 66.8 Å². The van der Waals surface area contributed by atoms with Crippen molar-refractivity contribution in [2.75, 3.05) is 38.4 Å². The maximum absolute atomic E-state index is 15.3. The molecular formula is C45H49Cl2N5O5. The normalized spacial score (nSPS) is 16.2. The van der Waals surface area contributed by atoms with E-state index < -0.39 is 5.97 Å². The lowest BCUT2D eigenvalue weighted by atomic mass is 9.97. The fraction of sp³-hybridized carbons (Fsp3) is 0.400. The van der Waals surface area contributed by atoms with Gasteiger partial charge >= 0.3 is 5.97 Å². The zero-order valence-electron chi connectivity index (χ0n) is 33.7. The molecule has 0 spiro atoms. The van der Waals surface area contributed by atoms with E-state index in [1.165, 1.54) is 7.11 Å². The van der Waals surface area contributed by atoms with E-state index in [2.05, 4.69) is 36.1 Å². The zero-order chi connectivity index (χ0) is 40.3. The Morgan fingerprint density at radius 3 is 2.44 bits per heavy atom. The number of esters is 1. The number of methoxy groups -OCH3 is 1. The van der Waals surface area contributed by atoms with Gasteiger partial charge in [-0.05, 0) is 107 Å². The molecule has 0 unspecified atom stereocenters. The molecule has 3 aromatic heterocycles. The van der Waals surface area contributed by atoms with Gasteiger partial charge in [-0.25, -0.2) is 4.79 Å². The maximum Gasteiger partial charge on any atom is 0.340 e. The van der Waals surface area contributed by atoms with Crippen molar-refractivity contribution in [1.29, 1.82) is 0 Å². The van der Waals surface area contributed by atoms with Gasteiger partial charge in [-0.2, -0.15) is 5.10 Å². The van der Waals surface area contributed by atoms with Gasteiger partial charge in [-0.3, -0.25) is 9.48 Å². The highest BCUT2D eigenvalue weighted by Crippen LogP contribution is 2.46. The average molecular weight is 811 g/mol. The van der Waals surface area contributed by atoms with Crippen LogP contribution in [0.3, 0.4) is 0 Å². The van der Waals surface area contributed by atoms with Gasteiger partial charge in [0.15, 0.2) is 0 Å². The van der Waals surface area contributed by atoms with Gasteiger partial charge in [0.05, 0.1) is 46.7 Å². The number of hydrogen-bond donors (Lipinski definition) is 0. The number of aromatic nitrogens is 4. The van der Waals surface area contributed by atoms with Gasteiger partial charge in [-0.15, -0.1) is 0 Å². The molecule has 12 heteroatoms. The second-order valence-electron chi connectivity index (χ2n) is 15.7. The molecule has 2 aliphatic heterocycles. The predicted octanol–water partition coefficient (Wildman–Crippen LogP) is 9.98. The number of carbonyl (C=O) groups is 2. The van der Waals surface area contributed by atoms with E-state index >= 15 is 4.79 Å². The lowest BCUT2D eigenvalue weighted by molar-refractivity contribution is 0.0597. The maximum atomic E-state index is 15.3.